The number of amides is 1. The Morgan fingerprint density at radius 2 is 1.85 bits per heavy atom. The van der Waals surface area contributed by atoms with Crippen LogP contribution >= 0.6 is 11.6 Å². The first-order valence-electron chi connectivity index (χ1n) is 7.67. The van der Waals surface area contributed by atoms with Crippen LogP contribution in [0.25, 0.3) is 0 Å². The molecule has 9 heteroatoms. The van der Waals surface area contributed by atoms with Crippen LogP contribution < -0.4 is 15.4 Å². The van der Waals surface area contributed by atoms with Crippen LogP contribution in [0, 0.1) is 11.6 Å². The molecule has 2 aromatic carbocycles. The number of nitrogens with zero attached hydrogens (tertiary/aromatic N) is 2. The molecule has 1 amide bonds. The number of hydrogen-bond donors (Lipinski definition) is 2. The van der Waals surface area contributed by atoms with Crippen molar-refractivity contribution in [2.75, 3.05) is 17.7 Å². The summed E-state index contributed by atoms with van der Waals surface area (Å²) < 4.78 is 31.4. The number of benzene rings is 2. The topological polar surface area (TPSA) is 76.1 Å². The van der Waals surface area contributed by atoms with Crippen LogP contribution in [0.4, 0.5) is 26.0 Å². The smallest absolute Gasteiger partial charge is 0.276 e. The Morgan fingerprint density at radius 3 is 2.52 bits per heavy atom. The van der Waals surface area contributed by atoms with E-state index in [0.29, 0.717) is 22.3 Å². The minimum atomic E-state index is -1.06. The van der Waals surface area contributed by atoms with Crippen LogP contribution in [0.5, 0.6) is 5.75 Å². The number of halogens is 3. The predicted octanol–water partition coefficient (Wildman–Crippen LogP) is 4.41. The van der Waals surface area contributed by atoms with E-state index in [9.17, 15) is 13.6 Å². The number of ether oxygens (including phenoxy) is 1. The zero-order valence-electron chi connectivity index (χ0n) is 14.0. The van der Waals surface area contributed by atoms with Crippen molar-refractivity contribution >= 4 is 34.7 Å². The Kier molecular flexibility index (Phi) is 5.46. The molecule has 0 fully saturated rings. The molecule has 0 saturated carbocycles. The standard InChI is InChI=1S/C18H13ClF2N4O2/c1-27-16-6-2-10(19)8-15(16)23-17-7-5-14(24-25-17)18(26)22-11-3-4-12(20)13(21)9-11/h2-9H,1H3,(H,22,26)(H,23,25). The SMILES string of the molecule is COc1ccc(Cl)cc1Nc1ccc(C(=O)Nc2ccc(F)c(F)c2)nn1. The van der Waals surface area contributed by atoms with Crippen LogP contribution in [0.1, 0.15) is 10.5 Å². The normalized spacial score (nSPS) is 10.4. The fourth-order valence-corrected chi connectivity index (χ4v) is 2.38. The van der Waals surface area contributed by atoms with Gasteiger partial charge < -0.3 is 15.4 Å². The number of carbonyl (C=O) groups is 1. The number of rotatable bonds is 5. The van der Waals surface area contributed by atoms with Crippen LogP contribution in [-0.4, -0.2) is 23.2 Å². The first-order chi connectivity index (χ1) is 13.0. The van der Waals surface area contributed by atoms with Crippen molar-refractivity contribution in [3.63, 3.8) is 0 Å². The van der Waals surface area contributed by atoms with Crippen molar-refractivity contribution in [3.8, 4) is 5.75 Å². The average molecular weight is 391 g/mol. The molecule has 0 bridgehead atoms. The van der Waals surface area contributed by atoms with E-state index in [1.54, 1.807) is 18.2 Å². The van der Waals surface area contributed by atoms with Crippen molar-refractivity contribution in [2.45, 2.75) is 0 Å². The Bertz CT molecular complexity index is 984. The van der Waals surface area contributed by atoms with E-state index in [0.717, 1.165) is 12.1 Å². The van der Waals surface area contributed by atoms with E-state index < -0.39 is 17.5 Å². The first-order valence-corrected chi connectivity index (χ1v) is 8.05. The highest BCUT2D eigenvalue weighted by atomic mass is 35.5. The molecule has 27 heavy (non-hydrogen) atoms. The van der Waals surface area contributed by atoms with Crippen LogP contribution in [0.2, 0.25) is 5.02 Å². The fourth-order valence-electron chi connectivity index (χ4n) is 2.20. The third-order valence-electron chi connectivity index (χ3n) is 3.50. The average Bonchev–Trinajstić information content (AvgIpc) is 2.65. The van der Waals surface area contributed by atoms with E-state index in [-0.39, 0.29) is 11.4 Å². The Labute approximate surface area is 158 Å². The molecular formula is C18H13ClF2N4O2. The van der Waals surface area contributed by atoms with Gasteiger partial charge in [-0.25, -0.2) is 8.78 Å². The number of hydrogen-bond acceptors (Lipinski definition) is 5. The highest BCUT2D eigenvalue weighted by molar-refractivity contribution is 6.31. The van der Waals surface area contributed by atoms with Gasteiger partial charge in [0.2, 0.25) is 0 Å². The van der Waals surface area contributed by atoms with E-state index >= 15 is 0 Å². The minimum absolute atomic E-state index is 0.00309. The number of aromatic nitrogens is 2. The molecule has 0 aliphatic carbocycles. The molecule has 1 aromatic heterocycles. The molecular weight excluding hydrogens is 378 g/mol. The number of methoxy groups -OCH3 is 1. The summed E-state index contributed by atoms with van der Waals surface area (Å²) in [5, 5.41) is 13.7. The maximum absolute atomic E-state index is 13.2. The molecule has 3 aromatic rings. The number of carbonyl (C=O) groups excluding carboxylic acids is 1. The van der Waals surface area contributed by atoms with Gasteiger partial charge in [0.25, 0.3) is 5.91 Å². The molecule has 0 unspecified atom stereocenters. The third-order valence-corrected chi connectivity index (χ3v) is 3.73. The van der Waals surface area contributed by atoms with Crippen LogP contribution in [0.3, 0.4) is 0 Å². The van der Waals surface area contributed by atoms with Gasteiger partial charge in [-0.2, -0.15) is 0 Å². The van der Waals surface area contributed by atoms with E-state index in [2.05, 4.69) is 20.8 Å². The molecule has 1 heterocycles. The van der Waals surface area contributed by atoms with Crippen molar-refractivity contribution in [1.29, 1.82) is 0 Å². The second-order valence-corrected chi connectivity index (χ2v) is 5.79. The van der Waals surface area contributed by atoms with E-state index in [1.807, 2.05) is 0 Å². The fraction of sp³-hybridized carbons (Fsp3) is 0.0556. The summed E-state index contributed by atoms with van der Waals surface area (Å²) in [7, 11) is 1.52. The highest BCUT2D eigenvalue weighted by Crippen LogP contribution is 2.29. The largest absolute Gasteiger partial charge is 0.495 e. The molecule has 0 radical (unpaired) electrons. The summed E-state index contributed by atoms with van der Waals surface area (Å²) in [6.45, 7) is 0. The van der Waals surface area contributed by atoms with Crippen LogP contribution in [-0.2, 0) is 0 Å². The minimum Gasteiger partial charge on any atom is -0.495 e. The lowest BCUT2D eigenvalue weighted by atomic mass is 10.2. The Morgan fingerprint density at radius 1 is 1.04 bits per heavy atom. The molecule has 0 saturated heterocycles. The zero-order valence-corrected chi connectivity index (χ0v) is 14.7. The highest BCUT2D eigenvalue weighted by Gasteiger charge is 2.11. The van der Waals surface area contributed by atoms with Gasteiger partial charge in [0.05, 0.1) is 12.8 Å². The van der Waals surface area contributed by atoms with Gasteiger partial charge in [-0.15, -0.1) is 10.2 Å². The van der Waals surface area contributed by atoms with Gasteiger partial charge in [-0.3, -0.25) is 4.79 Å². The zero-order chi connectivity index (χ0) is 19.4. The lowest BCUT2D eigenvalue weighted by Crippen LogP contribution is -2.14. The summed E-state index contributed by atoms with van der Waals surface area (Å²) in [5.41, 5.74) is 0.688. The molecule has 2 N–H and O–H groups in total. The molecule has 0 spiro atoms. The molecule has 138 valence electrons. The number of anilines is 3. The molecule has 0 aliphatic heterocycles. The summed E-state index contributed by atoms with van der Waals surface area (Å²) in [6, 6.07) is 11.0. The second kappa shape index (κ2) is 7.96. The van der Waals surface area contributed by atoms with Crippen molar-refractivity contribution in [3.05, 3.63) is 70.9 Å². The van der Waals surface area contributed by atoms with Gasteiger partial charge in [0.15, 0.2) is 23.1 Å². The monoisotopic (exact) mass is 390 g/mol. The van der Waals surface area contributed by atoms with E-state index in [1.165, 1.54) is 25.3 Å². The summed E-state index contributed by atoms with van der Waals surface area (Å²) in [4.78, 5) is 12.1. The third kappa shape index (κ3) is 4.48. The lowest BCUT2D eigenvalue weighted by molar-refractivity contribution is 0.102. The van der Waals surface area contributed by atoms with Gasteiger partial charge in [-0.1, -0.05) is 11.6 Å². The Hall–Kier alpha value is -3.26. The van der Waals surface area contributed by atoms with Gasteiger partial charge in [0, 0.05) is 16.8 Å². The van der Waals surface area contributed by atoms with Gasteiger partial charge >= 0.3 is 0 Å². The predicted molar refractivity (Wildman–Crippen MR) is 97.6 cm³/mol. The van der Waals surface area contributed by atoms with E-state index in [4.69, 9.17) is 16.3 Å². The summed E-state index contributed by atoms with van der Waals surface area (Å²) in [6.07, 6.45) is 0. The molecule has 0 atom stereocenters. The molecule has 3 rings (SSSR count). The Balaban J connectivity index is 1.72. The summed E-state index contributed by atoms with van der Waals surface area (Å²) in [5.74, 6) is -1.75. The second-order valence-electron chi connectivity index (χ2n) is 5.36. The first kappa shape index (κ1) is 18.5. The summed E-state index contributed by atoms with van der Waals surface area (Å²) >= 11 is 5.97. The maximum Gasteiger partial charge on any atom is 0.276 e. The quantitative estimate of drug-likeness (QED) is 0.674. The molecule has 6 nitrogen and oxygen atoms in total. The lowest BCUT2D eigenvalue weighted by Gasteiger charge is -2.11. The maximum atomic E-state index is 13.2. The van der Waals surface area contributed by atoms with Crippen LogP contribution in [0.15, 0.2) is 48.5 Å². The van der Waals surface area contributed by atoms with Crippen molar-refractivity contribution < 1.29 is 18.3 Å². The van der Waals surface area contributed by atoms with Crippen molar-refractivity contribution in [1.82, 2.24) is 10.2 Å². The molecule has 0 aliphatic rings. The number of nitrogens with one attached hydrogen (secondary N) is 2. The van der Waals surface area contributed by atoms with Gasteiger partial charge in [-0.05, 0) is 42.5 Å². The van der Waals surface area contributed by atoms with Gasteiger partial charge in [0.1, 0.15) is 5.75 Å². The van der Waals surface area contributed by atoms with Crippen molar-refractivity contribution in [2.24, 2.45) is 0 Å².